The molecule has 0 aromatic heterocycles. The van der Waals surface area contributed by atoms with Gasteiger partial charge in [-0.25, -0.2) is 4.39 Å². The Morgan fingerprint density at radius 3 is 2.79 bits per heavy atom. The van der Waals surface area contributed by atoms with Gasteiger partial charge in [0.25, 0.3) is 5.91 Å². The Balaban J connectivity index is 2.05. The lowest BCUT2D eigenvalue weighted by Gasteiger charge is -2.21. The zero-order valence-corrected chi connectivity index (χ0v) is 12.8. The Morgan fingerprint density at radius 1 is 1.47 bits per heavy atom. The quantitative estimate of drug-likeness (QED) is 0.888. The number of hydrogen-bond acceptors (Lipinski definition) is 1. The lowest BCUT2D eigenvalue weighted by atomic mass is 9.93. The van der Waals surface area contributed by atoms with Gasteiger partial charge in [0, 0.05) is 10.5 Å². The summed E-state index contributed by atoms with van der Waals surface area (Å²) < 4.78 is 14.4. The fraction of sp³-hybridized carbons (Fsp3) is 0.533. The van der Waals surface area contributed by atoms with E-state index in [2.05, 4.69) is 35.1 Å². The molecule has 2 nitrogen and oxygen atoms in total. The molecule has 4 heteroatoms. The molecule has 2 rings (SSSR count). The van der Waals surface area contributed by atoms with Crippen molar-refractivity contribution in [1.82, 2.24) is 5.32 Å². The van der Waals surface area contributed by atoms with Gasteiger partial charge in [-0.15, -0.1) is 0 Å². The maximum absolute atomic E-state index is 13.7. The van der Waals surface area contributed by atoms with Gasteiger partial charge in [0.1, 0.15) is 5.82 Å². The van der Waals surface area contributed by atoms with Crippen molar-refractivity contribution in [2.45, 2.75) is 39.2 Å². The highest BCUT2D eigenvalue weighted by atomic mass is 79.9. The first-order valence-electron chi connectivity index (χ1n) is 6.78. The molecule has 1 aromatic rings. The Bertz CT molecular complexity index is 477. The summed E-state index contributed by atoms with van der Waals surface area (Å²) >= 11 is 3.19. The lowest BCUT2D eigenvalue weighted by Crippen LogP contribution is -2.37. The van der Waals surface area contributed by atoms with Crippen LogP contribution < -0.4 is 5.32 Å². The van der Waals surface area contributed by atoms with Crippen molar-refractivity contribution in [3.05, 3.63) is 34.1 Å². The molecule has 1 saturated carbocycles. The largest absolute Gasteiger partial charge is 0.349 e. The predicted molar refractivity (Wildman–Crippen MR) is 77.5 cm³/mol. The van der Waals surface area contributed by atoms with Crippen LogP contribution in [0.25, 0.3) is 0 Å². The molecule has 3 unspecified atom stereocenters. The van der Waals surface area contributed by atoms with Crippen LogP contribution >= 0.6 is 15.9 Å². The molecule has 0 heterocycles. The van der Waals surface area contributed by atoms with Crippen LogP contribution in [-0.2, 0) is 0 Å². The molecule has 1 amide bonds. The van der Waals surface area contributed by atoms with Gasteiger partial charge >= 0.3 is 0 Å². The third-order valence-electron chi connectivity index (χ3n) is 4.24. The predicted octanol–water partition coefficient (Wildman–Crippen LogP) is 4.14. The molecule has 1 aromatic carbocycles. The fourth-order valence-corrected chi connectivity index (χ4v) is 3.28. The minimum Gasteiger partial charge on any atom is -0.349 e. The molecular weight excluding hydrogens is 309 g/mol. The minimum absolute atomic E-state index is 0.121. The van der Waals surface area contributed by atoms with Crippen LogP contribution in [0.4, 0.5) is 4.39 Å². The van der Waals surface area contributed by atoms with Gasteiger partial charge in [-0.1, -0.05) is 36.2 Å². The van der Waals surface area contributed by atoms with Crippen LogP contribution in [0.15, 0.2) is 22.7 Å². The van der Waals surface area contributed by atoms with E-state index in [0.29, 0.717) is 16.3 Å². The number of benzene rings is 1. The topological polar surface area (TPSA) is 29.1 Å². The van der Waals surface area contributed by atoms with Crippen LogP contribution in [-0.4, -0.2) is 11.9 Å². The molecule has 1 fully saturated rings. The van der Waals surface area contributed by atoms with Crippen LogP contribution in [0.2, 0.25) is 0 Å². The van der Waals surface area contributed by atoms with Gasteiger partial charge in [-0.05, 0) is 42.9 Å². The second-order valence-electron chi connectivity index (χ2n) is 5.31. The molecule has 19 heavy (non-hydrogen) atoms. The third-order valence-corrected chi connectivity index (χ3v) is 4.74. The van der Waals surface area contributed by atoms with E-state index in [-0.39, 0.29) is 17.5 Å². The number of hydrogen-bond donors (Lipinski definition) is 1. The van der Waals surface area contributed by atoms with Crippen molar-refractivity contribution in [1.29, 1.82) is 0 Å². The summed E-state index contributed by atoms with van der Waals surface area (Å²) in [6.45, 7) is 4.35. The number of halogens is 2. The third kappa shape index (κ3) is 3.16. The molecule has 0 spiro atoms. The molecule has 0 bridgehead atoms. The summed E-state index contributed by atoms with van der Waals surface area (Å²) in [5.74, 6) is 0.343. The van der Waals surface area contributed by atoms with Crippen molar-refractivity contribution in [3.8, 4) is 0 Å². The van der Waals surface area contributed by atoms with E-state index in [0.717, 1.165) is 19.3 Å². The Labute approximate surface area is 121 Å². The van der Waals surface area contributed by atoms with Crippen LogP contribution in [0.1, 0.15) is 43.5 Å². The van der Waals surface area contributed by atoms with Crippen molar-refractivity contribution in [3.63, 3.8) is 0 Å². The van der Waals surface area contributed by atoms with E-state index in [1.807, 2.05) is 0 Å². The number of carbonyl (C=O) groups excluding carboxylic acids is 1. The van der Waals surface area contributed by atoms with Gasteiger partial charge in [-0.2, -0.15) is 0 Å². The summed E-state index contributed by atoms with van der Waals surface area (Å²) in [5, 5.41) is 2.98. The van der Waals surface area contributed by atoms with E-state index in [1.54, 1.807) is 6.07 Å². The smallest absolute Gasteiger partial charge is 0.254 e. The Morgan fingerprint density at radius 2 is 2.21 bits per heavy atom. The number of amides is 1. The summed E-state index contributed by atoms with van der Waals surface area (Å²) in [7, 11) is 0. The molecular formula is C15H19BrFNO. The van der Waals surface area contributed by atoms with E-state index >= 15 is 0 Å². The van der Waals surface area contributed by atoms with Crippen molar-refractivity contribution in [2.24, 2.45) is 11.8 Å². The maximum atomic E-state index is 13.7. The minimum atomic E-state index is -0.482. The molecule has 3 atom stereocenters. The molecule has 1 aliphatic carbocycles. The highest BCUT2D eigenvalue weighted by Gasteiger charge is 2.32. The fourth-order valence-electron chi connectivity index (χ4n) is 2.95. The summed E-state index contributed by atoms with van der Waals surface area (Å²) in [5.41, 5.74) is 0.121. The molecule has 0 aliphatic heterocycles. The van der Waals surface area contributed by atoms with Crippen LogP contribution in [0.3, 0.4) is 0 Å². The molecule has 104 valence electrons. The maximum Gasteiger partial charge on any atom is 0.254 e. The highest BCUT2D eigenvalue weighted by molar-refractivity contribution is 9.10. The first kappa shape index (κ1) is 14.5. The Hall–Kier alpha value is -0.900. The number of rotatable bonds is 3. The van der Waals surface area contributed by atoms with Gasteiger partial charge in [0.05, 0.1) is 5.56 Å². The molecule has 1 aliphatic rings. The number of nitrogens with one attached hydrogen (secondary N) is 1. The lowest BCUT2D eigenvalue weighted by molar-refractivity contribution is 0.0922. The zero-order chi connectivity index (χ0) is 14.0. The summed E-state index contributed by atoms with van der Waals surface area (Å²) in [6, 6.07) is 4.69. The highest BCUT2D eigenvalue weighted by Crippen LogP contribution is 2.34. The van der Waals surface area contributed by atoms with Gasteiger partial charge in [-0.3, -0.25) is 4.79 Å². The zero-order valence-electron chi connectivity index (χ0n) is 11.2. The average molecular weight is 328 g/mol. The molecule has 0 radical (unpaired) electrons. The Kier molecular flexibility index (Phi) is 4.61. The SMILES string of the molecule is CCC1CCC(NC(=O)c2ccc(Br)cc2F)C1C. The van der Waals surface area contributed by atoms with Gasteiger partial charge in [0.2, 0.25) is 0 Å². The van der Waals surface area contributed by atoms with Crippen molar-refractivity contribution < 1.29 is 9.18 Å². The van der Waals surface area contributed by atoms with E-state index in [1.165, 1.54) is 12.1 Å². The van der Waals surface area contributed by atoms with E-state index < -0.39 is 5.82 Å². The second-order valence-corrected chi connectivity index (χ2v) is 6.22. The standard InChI is InChI=1S/C15H19BrFNO/c1-3-10-4-7-14(9(10)2)18-15(19)12-6-5-11(16)8-13(12)17/h5-6,8-10,14H,3-4,7H2,1-2H3,(H,18,19). The first-order chi connectivity index (χ1) is 9.02. The summed E-state index contributed by atoms with van der Waals surface area (Å²) in [6.07, 6.45) is 3.27. The van der Waals surface area contributed by atoms with E-state index in [9.17, 15) is 9.18 Å². The van der Waals surface area contributed by atoms with Crippen molar-refractivity contribution >= 4 is 21.8 Å². The summed E-state index contributed by atoms with van der Waals surface area (Å²) in [4.78, 5) is 12.1. The van der Waals surface area contributed by atoms with Gasteiger partial charge in [0.15, 0.2) is 0 Å². The normalized spacial score (nSPS) is 26.4. The van der Waals surface area contributed by atoms with Crippen molar-refractivity contribution in [2.75, 3.05) is 0 Å². The second kappa shape index (κ2) is 6.04. The van der Waals surface area contributed by atoms with Gasteiger partial charge < -0.3 is 5.32 Å². The van der Waals surface area contributed by atoms with Crippen LogP contribution in [0.5, 0.6) is 0 Å². The van der Waals surface area contributed by atoms with E-state index in [4.69, 9.17) is 0 Å². The average Bonchev–Trinajstić information content (AvgIpc) is 2.70. The molecule has 0 saturated heterocycles. The first-order valence-corrected chi connectivity index (χ1v) is 7.58. The monoisotopic (exact) mass is 327 g/mol. The number of carbonyl (C=O) groups is 1. The van der Waals surface area contributed by atoms with Crippen LogP contribution in [0, 0.1) is 17.7 Å². The molecule has 1 N–H and O–H groups in total.